The van der Waals surface area contributed by atoms with Crippen LogP contribution in [0.25, 0.3) is 0 Å². The lowest BCUT2D eigenvalue weighted by Gasteiger charge is -2.38. The lowest BCUT2D eigenvalue weighted by molar-refractivity contribution is -0.167. The number of nitrogens with one attached hydrogen (secondary N) is 2. The Bertz CT molecular complexity index is 2400. The number of allylic oxidation sites excluding steroid dienone is 5. The first-order valence-electron chi connectivity index (χ1n) is 24.1. The van der Waals surface area contributed by atoms with Gasteiger partial charge in [0.25, 0.3) is 11.7 Å². The molecule has 17 nitrogen and oxygen atoms in total. The summed E-state index contributed by atoms with van der Waals surface area (Å²) in [5.41, 5.74) is -0.279. The second-order valence-corrected chi connectivity index (χ2v) is 22.4. The zero-order valence-corrected chi connectivity index (χ0v) is 43.4. The number of ketones is 2. The molecule has 8 rings (SSSR count). The van der Waals surface area contributed by atoms with E-state index in [-0.39, 0.29) is 56.8 Å². The van der Waals surface area contributed by atoms with Crippen molar-refractivity contribution < 1.29 is 58.2 Å². The molecule has 18 heteroatoms. The Balaban J connectivity index is 1.26. The minimum Gasteiger partial charge on any atom is -0.507 e. The molecule has 5 N–H and O–H groups in total. The number of hydrogen-bond donors (Lipinski definition) is 5. The molecule has 5 bridgehead atoms. The van der Waals surface area contributed by atoms with Crippen LogP contribution in [0.15, 0.2) is 52.5 Å². The second kappa shape index (κ2) is 20.6. The first-order chi connectivity index (χ1) is 32.5. The third kappa shape index (κ3) is 10.6. The molecule has 11 atom stereocenters. The molecule has 1 aromatic rings. The maximum atomic E-state index is 14.8. The van der Waals surface area contributed by atoms with Crippen molar-refractivity contribution in [1.29, 1.82) is 0 Å². The summed E-state index contributed by atoms with van der Waals surface area (Å²) in [6.07, 6.45) is 5.39. The summed E-state index contributed by atoms with van der Waals surface area (Å²) >= 11 is 2.40. The van der Waals surface area contributed by atoms with Crippen LogP contribution in [-0.4, -0.2) is 140 Å². The summed E-state index contributed by atoms with van der Waals surface area (Å²) in [5.74, 6) is -8.87. The number of ether oxygens (including phenoxy) is 4. The molecule has 2 unspecified atom stereocenters. The predicted octanol–water partition coefficient (Wildman–Crippen LogP) is 5.02. The van der Waals surface area contributed by atoms with Gasteiger partial charge in [-0.1, -0.05) is 82.4 Å². The highest BCUT2D eigenvalue weighted by molar-refractivity contribution is 14.1. The number of aliphatic hydroxyl groups is 2. The Labute approximate surface area is 417 Å². The van der Waals surface area contributed by atoms with Crippen molar-refractivity contribution in [3.63, 3.8) is 0 Å². The number of halogens is 1. The van der Waals surface area contributed by atoms with Gasteiger partial charge in [-0.3, -0.25) is 29.0 Å². The fourth-order valence-corrected chi connectivity index (χ4v) is 10.9. The van der Waals surface area contributed by atoms with E-state index in [1.165, 1.54) is 20.1 Å². The van der Waals surface area contributed by atoms with Gasteiger partial charge < -0.3 is 54.7 Å². The number of aromatic hydroxyl groups is 1. The fraction of sp³-hybridized carbons (Fsp3) is 0.608. The van der Waals surface area contributed by atoms with Crippen molar-refractivity contribution >= 4 is 57.7 Å². The monoisotopic (exact) mass is 1070 g/mol. The maximum absolute atomic E-state index is 14.8. The molecule has 1 spiro atoms. The van der Waals surface area contributed by atoms with Crippen molar-refractivity contribution in [2.24, 2.45) is 34.6 Å². The standard InChI is InChI=1S/C51H68IN5O12/c1-25-15-21-66-50(9)48(64)38-36-37(44(62)32(8)47(38)69-50)45(63)41(40-39(36)54-51(55-40)16-19-57(20-17-51)23-28(4)52)53-49(65)27(3)13-11-12-26(2)42(60)30(6)43(61)31(7)46(29(25)5)68-35(59)22-34(58)67-33-14-18-56(10)24-33/h11-13,15,21,25-26,28-31,33,42-43,46,55,60-62H,14,16-20,22-24H2,1-10H3,(H,53,65)/b12-11+,21-15+,27-13-/t25-,26-,28?,29+,30+,31+,33?,42-,43+,46+,50-/m0/s1. The Morgan fingerprint density at radius 1 is 0.928 bits per heavy atom. The van der Waals surface area contributed by atoms with E-state index in [9.17, 15) is 39.3 Å². The SMILES string of the molecule is C/C1=C/C=C/[C@H](C)[C@H](O)[C@@H](C)[C@@H](O)[C@@H](C)[C@H](OC(=O)CC(=O)OC2CCN(C)C2)[C@H](C)[C@@H](C)/C=C/O[C@@]2(C)Oc3c(C)c(O)c4c(c3C2=O)C2=NC3(CCN(CC(C)I)CC3)NC2=C(NC1=O)C4=O. The molecule has 6 heterocycles. The van der Waals surface area contributed by atoms with Crippen LogP contribution in [0.4, 0.5) is 0 Å². The minimum atomic E-state index is -1.98. The van der Waals surface area contributed by atoms with Gasteiger partial charge in [-0.05, 0) is 45.2 Å². The lowest BCUT2D eigenvalue weighted by atomic mass is 9.77. The van der Waals surface area contributed by atoms with Crippen molar-refractivity contribution in [2.75, 3.05) is 39.8 Å². The number of likely N-dealkylation sites (N-methyl/N-ethyl adjacent to an activating group) is 1. The summed E-state index contributed by atoms with van der Waals surface area (Å²) in [5, 5.41) is 41.6. The van der Waals surface area contributed by atoms with E-state index in [1.807, 2.05) is 25.8 Å². The largest absolute Gasteiger partial charge is 0.507 e. The highest BCUT2D eigenvalue weighted by Gasteiger charge is 2.54. The molecular weight excluding hydrogens is 1000 g/mol. The first-order valence-corrected chi connectivity index (χ1v) is 25.3. The minimum absolute atomic E-state index is 0.0111. The number of amides is 1. The predicted molar refractivity (Wildman–Crippen MR) is 265 cm³/mol. The molecule has 0 aromatic heterocycles. The van der Waals surface area contributed by atoms with Crippen LogP contribution in [0, 0.1) is 36.5 Å². The van der Waals surface area contributed by atoms with Crippen molar-refractivity contribution in [2.45, 2.75) is 128 Å². The Morgan fingerprint density at radius 2 is 1.61 bits per heavy atom. The molecular formula is C51H68IN5O12. The number of aliphatic hydroxyl groups excluding tert-OH is 2. The number of benzene rings is 1. The first kappa shape index (κ1) is 52.2. The number of carbonyl (C=O) groups is 5. The number of phenols is 1. The third-order valence-electron chi connectivity index (χ3n) is 14.9. The van der Waals surface area contributed by atoms with Gasteiger partial charge in [-0.15, -0.1) is 0 Å². The molecule has 0 saturated carbocycles. The Morgan fingerprint density at radius 3 is 2.26 bits per heavy atom. The number of nitrogens with zero attached hydrogens (tertiary/aromatic N) is 3. The van der Waals surface area contributed by atoms with Crippen LogP contribution in [0.5, 0.6) is 11.5 Å². The van der Waals surface area contributed by atoms with Crippen molar-refractivity contribution in [3.05, 3.63) is 69.8 Å². The van der Waals surface area contributed by atoms with Gasteiger partial charge >= 0.3 is 17.7 Å². The normalized spacial score (nSPS) is 34.1. The topological polar surface area (TPSA) is 226 Å². The number of hydrogen-bond acceptors (Lipinski definition) is 16. The number of Topliss-reactive ketones (excluding diaryl/α,β-unsaturated/α-hetero) is 2. The number of esters is 2. The van der Waals surface area contributed by atoms with Gasteiger partial charge in [-0.2, -0.15) is 0 Å². The number of fused-ring (bicyclic) bond motifs is 13. The zero-order chi connectivity index (χ0) is 50.4. The molecule has 6 aliphatic heterocycles. The molecule has 1 amide bonds. The maximum Gasteiger partial charge on any atom is 0.317 e. The molecule has 1 aliphatic carbocycles. The lowest BCUT2D eigenvalue weighted by Crippen LogP contribution is -2.51. The Kier molecular flexibility index (Phi) is 15.6. The van der Waals surface area contributed by atoms with Gasteiger partial charge in [-0.25, -0.2) is 0 Å². The van der Waals surface area contributed by atoms with Gasteiger partial charge in [0.15, 0.2) is 0 Å². The quantitative estimate of drug-likeness (QED) is 0.109. The van der Waals surface area contributed by atoms with Crippen LogP contribution in [0.3, 0.4) is 0 Å². The summed E-state index contributed by atoms with van der Waals surface area (Å²) in [6.45, 7) is 19.2. The summed E-state index contributed by atoms with van der Waals surface area (Å²) < 4.78 is 24.5. The average molecular weight is 1070 g/mol. The number of likely N-dealkylation sites (tertiary alicyclic amines) is 2. The van der Waals surface area contributed by atoms with Crippen LogP contribution in [0.1, 0.15) is 113 Å². The number of rotatable bonds is 6. The van der Waals surface area contributed by atoms with Crippen LogP contribution in [-0.2, 0) is 28.6 Å². The van der Waals surface area contributed by atoms with Gasteiger partial charge in [0, 0.05) is 90.9 Å². The number of carbonyl (C=O) groups excluding carboxylic acids is 5. The fourth-order valence-electron chi connectivity index (χ4n) is 10.3. The third-order valence-corrected chi connectivity index (χ3v) is 15.3. The average Bonchev–Trinajstić information content (AvgIpc) is 3.96. The highest BCUT2D eigenvalue weighted by Crippen LogP contribution is 2.50. The summed E-state index contributed by atoms with van der Waals surface area (Å²) in [4.78, 5) is 79.6. The molecule has 0 radical (unpaired) electrons. The highest BCUT2D eigenvalue weighted by atomic mass is 127. The molecule has 376 valence electrons. The number of aliphatic imine (C=N–C) groups is 1. The van der Waals surface area contributed by atoms with E-state index in [2.05, 4.69) is 45.0 Å². The molecule has 7 aliphatic rings. The Hall–Kier alpha value is -4.63. The van der Waals surface area contributed by atoms with Crippen LogP contribution >= 0.6 is 22.6 Å². The smallest absolute Gasteiger partial charge is 0.317 e. The molecule has 69 heavy (non-hydrogen) atoms. The van der Waals surface area contributed by atoms with Crippen molar-refractivity contribution in [1.82, 2.24) is 20.4 Å². The van der Waals surface area contributed by atoms with E-state index in [0.717, 1.165) is 13.1 Å². The number of alkyl halides is 1. The van der Waals surface area contributed by atoms with Crippen LogP contribution in [0.2, 0.25) is 0 Å². The summed E-state index contributed by atoms with van der Waals surface area (Å²) in [7, 11) is 1.92. The van der Waals surface area contributed by atoms with E-state index in [0.29, 0.717) is 42.8 Å². The van der Waals surface area contributed by atoms with E-state index < -0.39 is 101 Å². The zero-order valence-electron chi connectivity index (χ0n) is 41.3. The molecule has 2 fully saturated rings. The van der Waals surface area contributed by atoms with Gasteiger partial charge in [0.2, 0.25) is 5.78 Å². The van der Waals surface area contributed by atoms with E-state index in [4.69, 9.17) is 23.9 Å². The van der Waals surface area contributed by atoms with Crippen LogP contribution < -0.4 is 15.4 Å². The van der Waals surface area contributed by atoms with E-state index >= 15 is 0 Å². The van der Waals surface area contributed by atoms with Gasteiger partial charge in [0.05, 0.1) is 41.0 Å². The van der Waals surface area contributed by atoms with Gasteiger partial charge in [0.1, 0.15) is 41.5 Å². The summed E-state index contributed by atoms with van der Waals surface area (Å²) in [6, 6.07) is 0. The van der Waals surface area contributed by atoms with Crippen molar-refractivity contribution in [3.8, 4) is 11.5 Å². The molecule has 1 aromatic carbocycles. The van der Waals surface area contributed by atoms with E-state index in [1.54, 1.807) is 52.0 Å². The second-order valence-electron chi connectivity index (χ2n) is 20.3. The number of piperidine rings is 1. The number of phenolic OH excluding ortho intramolecular Hbond substituents is 1. The molecule has 2 saturated heterocycles.